The van der Waals surface area contributed by atoms with E-state index in [0.29, 0.717) is 42.9 Å². The lowest BCUT2D eigenvalue weighted by atomic mass is 9.92. The van der Waals surface area contributed by atoms with Crippen LogP contribution >= 0.6 is 0 Å². The van der Waals surface area contributed by atoms with Crippen molar-refractivity contribution in [1.82, 2.24) is 0 Å². The number of hydrogen-bond donors (Lipinski definition) is 0. The van der Waals surface area contributed by atoms with Crippen LogP contribution in [-0.4, -0.2) is 26.0 Å². The van der Waals surface area contributed by atoms with Crippen LogP contribution in [0.25, 0.3) is 0 Å². The van der Waals surface area contributed by atoms with E-state index < -0.39 is 17.6 Å². The van der Waals surface area contributed by atoms with Crippen molar-refractivity contribution >= 4 is 22.9 Å². The Bertz CT molecular complexity index is 1350. The van der Waals surface area contributed by atoms with Gasteiger partial charge >= 0.3 is 6.18 Å². The van der Waals surface area contributed by atoms with Crippen LogP contribution in [0.5, 0.6) is 5.75 Å². The molecule has 2 heterocycles. The van der Waals surface area contributed by atoms with Crippen molar-refractivity contribution in [1.29, 1.82) is 0 Å². The second-order valence-electron chi connectivity index (χ2n) is 9.23. The van der Waals surface area contributed by atoms with Crippen molar-refractivity contribution in [3.8, 4) is 5.75 Å². The molecule has 0 aliphatic carbocycles. The van der Waals surface area contributed by atoms with Gasteiger partial charge in [0.1, 0.15) is 28.9 Å². The first kappa shape index (κ1) is 25.0. The largest absolute Gasteiger partial charge is 0.495 e. The molecule has 1 fully saturated rings. The summed E-state index contributed by atoms with van der Waals surface area (Å²) in [5.74, 6) is -0.208. The number of hydrogen-bond acceptors (Lipinski definition) is 4. The highest BCUT2D eigenvalue weighted by molar-refractivity contribution is 6.05. The molecule has 2 aliphatic rings. The van der Waals surface area contributed by atoms with E-state index >= 15 is 0 Å². The van der Waals surface area contributed by atoms with Gasteiger partial charge in [0.05, 0.1) is 24.9 Å². The summed E-state index contributed by atoms with van der Waals surface area (Å²) >= 11 is 0. The molecule has 2 aliphatic heterocycles. The summed E-state index contributed by atoms with van der Waals surface area (Å²) in [6.45, 7) is 4.60. The summed E-state index contributed by atoms with van der Waals surface area (Å²) in [4.78, 5) is 8.38. The summed E-state index contributed by atoms with van der Waals surface area (Å²) in [7, 11) is 1.39. The number of anilines is 2. The van der Waals surface area contributed by atoms with Gasteiger partial charge in [-0.3, -0.25) is 0 Å². The van der Waals surface area contributed by atoms with E-state index in [1.54, 1.807) is 36.6 Å². The van der Waals surface area contributed by atoms with Crippen LogP contribution in [0.2, 0.25) is 0 Å². The number of nitrogens with zero attached hydrogens (tertiary/aromatic N) is 3. The van der Waals surface area contributed by atoms with Crippen LogP contribution in [0.15, 0.2) is 59.6 Å². The topological polar surface area (TPSA) is 28.1 Å². The maximum atomic E-state index is 14.7. The van der Waals surface area contributed by atoms with Gasteiger partial charge in [0, 0.05) is 30.3 Å². The van der Waals surface area contributed by atoms with E-state index in [2.05, 4.69) is 9.89 Å². The molecule has 4 nitrogen and oxygen atoms in total. The Labute approximate surface area is 212 Å². The van der Waals surface area contributed by atoms with Crippen molar-refractivity contribution < 1.29 is 26.7 Å². The van der Waals surface area contributed by atoms with Gasteiger partial charge in [-0.2, -0.15) is 13.2 Å². The Morgan fingerprint density at radius 1 is 0.946 bits per heavy atom. The number of aliphatic imine (C=N–C) groups is 1. The van der Waals surface area contributed by atoms with Gasteiger partial charge in [0.25, 0.3) is 0 Å². The minimum atomic E-state index is -4.54. The van der Waals surface area contributed by atoms with Crippen molar-refractivity contribution in [2.24, 2.45) is 10.9 Å². The average molecular weight is 515 g/mol. The fourth-order valence-electron chi connectivity index (χ4n) is 4.88. The number of methoxy groups -OCH3 is 1. The van der Waals surface area contributed by atoms with Gasteiger partial charge in [-0.1, -0.05) is 12.1 Å². The summed E-state index contributed by atoms with van der Waals surface area (Å²) < 4.78 is 74.6. The maximum Gasteiger partial charge on any atom is 0.416 e. The average Bonchev–Trinajstić information content (AvgIpc) is 2.89. The molecule has 37 heavy (non-hydrogen) atoms. The van der Waals surface area contributed by atoms with Crippen LogP contribution in [0.3, 0.4) is 0 Å². The molecule has 193 valence electrons. The number of aryl methyl sites for hydroxylation is 1. The quantitative estimate of drug-likeness (QED) is 0.343. The van der Waals surface area contributed by atoms with E-state index in [-0.39, 0.29) is 28.9 Å². The summed E-state index contributed by atoms with van der Waals surface area (Å²) in [5.41, 5.74) is 1.45. The number of piperidine rings is 1. The number of amidine groups is 1. The minimum absolute atomic E-state index is 0.152. The highest BCUT2D eigenvalue weighted by atomic mass is 19.4. The second-order valence-corrected chi connectivity index (χ2v) is 9.23. The van der Waals surface area contributed by atoms with Gasteiger partial charge in [0.2, 0.25) is 0 Å². The third-order valence-electron chi connectivity index (χ3n) is 6.89. The van der Waals surface area contributed by atoms with Crippen molar-refractivity contribution in [3.05, 3.63) is 89.5 Å². The predicted molar refractivity (Wildman–Crippen MR) is 133 cm³/mol. The number of para-hydroxylation sites is 1. The number of rotatable bonds is 4. The lowest BCUT2D eigenvalue weighted by molar-refractivity contribution is -0.137. The molecule has 0 unspecified atom stereocenters. The fraction of sp³-hybridized carbons (Fsp3) is 0.286. The van der Waals surface area contributed by atoms with Crippen molar-refractivity contribution in [2.45, 2.75) is 25.9 Å². The third kappa shape index (κ3) is 4.86. The Hall–Kier alpha value is -3.62. The maximum absolute atomic E-state index is 14.7. The predicted octanol–water partition coefficient (Wildman–Crippen LogP) is 7.28. The third-order valence-corrected chi connectivity index (χ3v) is 6.89. The number of halogens is 5. The minimum Gasteiger partial charge on any atom is -0.495 e. The Morgan fingerprint density at radius 2 is 1.70 bits per heavy atom. The Balaban J connectivity index is 1.51. The molecular formula is C28H25F5N3O. The molecular weight excluding hydrogens is 489 g/mol. The van der Waals surface area contributed by atoms with Gasteiger partial charge in [-0.15, -0.1) is 0 Å². The monoisotopic (exact) mass is 514 g/mol. The number of ether oxygens (including phenoxy) is 1. The first-order valence-electron chi connectivity index (χ1n) is 11.9. The molecule has 0 spiro atoms. The van der Waals surface area contributed by atoms with E-state index in [1.165, 1.54) is 31.4 Å². The van der Waals surface area contributed by atoms with E-state index in [0.717, 1.165) is 17.8 Å². The molecule has 0 saturated carbocycles. The van der Waals surface area contributed by atoms with Gasteiger partial charge in [-0.05, 0) is 67.8 Å². The smallest absolute Gasteiger partial charge is 0.416 e. The van der Waals surface area contributed by atoms with Gasteiger partial charge in [-0.25, -0.2) is 13.8 Å². The zero-order valence-electron chi connectivity index (χ0n) is 20.3. The second kappa shape index (κ2) is 9.68. The zero-order valence-corrected chi connectivity index (χ0v) is 20.3. The first-order valence-corrected chi connectivity index (χ1v) is 11.9. The SMILES string of the molecule is COc1ccc(C(F)(F)F)cc1N1[CH]c2cccc(F)c2N=C1C1CCN(c2ccc(F)c(C)c2)CC1. The molecule has 0 N–H and O–H groups in total. The van der Waals surface area contributed by atoms with Crippen molar-refractivity contribution in [2.75, 3.05) is 30.0 Å². The zero-order chi connectivity index (χ0) is 26.3. The molecule has 9 heteroatoms. The van der Waals surface area contributed by atoms with Crippen LogP contribution < -0.4 is 14.5 Å². The molecule has 1 saturated heterocycles. The number of alkyl halides is 3. The van der Waals surface area contributed by atoms with Crippen LogP contribution in [0, 0.1) is 31.0 Å². The van der Waals surface area contributed by atoms with Crippen LogP contribution in [0.1, 0.15) is 29.5 Å². The van der Waals surface area contributed by atoms with Gasteiger partial charge < -0.3 is 14.5 Å². The Kier molecular flexibility index (Phi) is 6.56. The van der Waals surface area contributed by atoms with Crippen LogP contribution in [-0.2, 0) is 6.18 Å². The molecule has 0 bridgehead atoms. The molecule has 3 aromatic rings. The summed E-state index contributed by atoms with van der Waals surface area (Å²) in [5, 5.41) is 0. The lowest BCUT2D eigenvalue weighted by Gasteiger charge is -2.39. The number of fused-ring (bicyclic) bond motifs is 1. The summed E-state index contributed by atoms with van der Waals surface area (Å²) in [6.07, 6.45) is -3.29. The molecule has 5 rings (SSSR count). The van der Waals surface area contributed by atoms with Gasteiger partial charge in [0.15, 0.2) is 0 Å². The molecule has 0 atom stereocenters. The van der Waals surface area contributed by atoms with E-state index in [9.17, 15) is 22.0 Å². The van der Waals surface area contributed by atoms with Crippen molar-refractivity contribution in [3.63, 3.8) is 0 Å². The highest BCUT2D eigenvalue weighted by Gasteiger charge is 2.36. The highest BCUT2D eigenvalue weighted by Crippen LogP contribution is 2.42. The normalized spacial score (nSPS) is 16.5. The molecule has 3 aromatic carbocycles. The van der Waals surface area contributed by atoms with E-state index in [1.807, 2.05) is 0 Å². The Morgan fingerprint density at radius 3 is 2.38 bits per heavy atom. The summed E-state index contributed by atoms with van der Waals surface area (Å²) in [6, 6.07) is 12.8. The molecule has 0 aromatic heterocycles. The number of benzene rings is 3. The molecule has 1 radical (unpaired) electrons. The van der Waals surface area contributed by atoms with E-state index in [4.69, 9.17) is 4.74 Å². The first-order chi connectivity index (χ1) is 17.7. The fourth-order valence-corrected chi connectivity index (χ4v) is 4.88. The lowest BCUT2D eigenvalue weighted by Crippen LogP contribution is -2.43. The van der Waals surface area contributed by atoms with Crippen LogP contribution in [0.4, 0.5) is 39.0 Å². The molecule has 0 amide bonds. The standard InChI is InChI=1S/C28H25F5N3O/c1-17-14-21(7-8-22(17)29)35-12-10-18(11-13-35)27-34-26-19(4-3-5-23(26)30)16-36(27)24-15-20(28(31,32)33)6-9-25(24)37-2/h3-9,14-16,18H,10-13H2,1-2H3.